The fraction of sp³-hybridized carbons (Fsp3) is 0.0588. The molecule has 0 unspecified atom stereocenters. The maximum absolute atomic E-state index is 12.2. The number of rotatable bonds is 3. The van der Waals surface area contributed by atoms with E-state index in [9.17, 15) is 8.42 Å². The molecule has 0 aliphatic carbocycles. The van der Waals surface area contributed by atoms with Crippen molar-refractivity contribution in [1.82, 2.24) is 4.98 Å². The largest absolute Gasteiger partial charge is 0.355 e. The van der Waals surface area contributed by atoms with Crippen LogP contribution in [0.15, 0.2) is 64.9 Å². The molecule has 0 atom stereocenters. The fourth-order valence-electron chi connectivity index (χ4n) is 2.15. The van der Waals surface area contributed by atoms with Crippen LogP contribution in [-0.4, -0.2) is 13.4 Å². The van der Waals surface area contributed by atoms with Gasteiger partial charge in [0.25, 0.3) is 0 Å². The maximum Gasteiger partial charge on any atom is 0.199 e. The van der Waals surface area contributed by atoms with E-state index in [1.807, 2.05) is 37.3 Å². The van der Waals surface area contributed by atoms with Crippen LogP contribution in [0, 0.1) is 6.92 Å². The Hall–Kier alpha value is -2.33. The molecule has 1 heterocycles. The van der Waals surface area contributed by atoms with Gasteiger partial charge in [-0.3, -0.25) is 0 Å². The Morgan fingerprint density at radius 3 is 2.43 bits per heavy atom. The molecule has 21 heavy (non-hydrogen) atoms. The summed E-state index contributed by atoms with van der Waals surface area (Å²) in [5.41, 5.74) is 2.80. The summed E-state index contributed by atoms with van der Waals surface area (Å²) in [6.45, 7) is 1.93. The summed E-state index contributed by atoms with van der Waals surface area (Å²) in [6.07, 6.45) is 1.59. The van der Waals surface area contributed by atoms with Crippen LogP contribution < -0.4 is 0 Å². The summed E-state index contributed by atoms with van der Waals surface area (Å²) >= 11 is 0. The zero-order chi connectivity index (χ0) is 14.9. The Kier molecular flexibility index (Phi) is 3.39. The van der Waals surface area contributed by atoms with Gasteiger partial charge in [0.2, 0.25) is 0 Å². The van der Waals surface area contributed by atoms with Crippen LogP contribution in [0.25, 0.3) is 17.0 Å². The number of aryl methyl sites for hydroxylation is 1. The van der Waals surface area contributed by atoms with Crippen LogP contribution >= 0.6 is 0 Å². The van der Waals surface area contributed by atoms with Crippen LogP contribution in [0.3, 0.4) is 0 Å². The molecule has 1 N–H and O–H groups in total. The Bertz CT molecular complexity index is 870. The SMILES string of the molecule is Cc1ccc(S(=O)(=O)/C=C/c2cc3ccccc3[nH]2)cc1. The molecule has 106 valence electrons. The minimum absolute atomic E-state index is 0.306. The predicted molar refractivity (Wildman–Crippen MR) is 85.7 cm³/mol. The normalized spacial score (nSPS) is 12.2. The van der Waals surface area contributed by atoms with Crippen molar-refractivity contribution in [3.05, 3.63) is 71.3 Å². The summed E-state index contributed by atoms with van der Waals surface area (Å²) in [5.74, 6) is 0. The zero-order valence-electron chi connectivity index (χ0n) is 11.6. The molecule has 3 aromatic rings. The van der Waals surface area contributed by atoms with Gasteiger partial charge < -0.3 is 4.98 Å². The molecule has 0 aliphatic heterocycles. The van der Waals surface area contributed by atoms with Gasteiger partial charge in [-0.2, -0.15) is 0 Å². The van der Waals surface area contributed by atoms with Gasteiger partial charge in [-0.1, -0.05) is 35.9 Å². The number of nitrogens with one attached hydrogen (secondary N) is 1. The maximum atomic E-state index is 12.2. The van der Waals surface area contributed by atoms with Gasteiger partial charge in [-0.15, -0.1) is 0 Å². The predicted octanol–water partition coefficient (Wildman–Crippen LogP) is 3.92. The number of benzene rings is 2. The zero-order valence-corrected chi connectivity index (χ0v) is 12.4. The van der Waals surface area contributed by atoms with E-state index in [1.54, 1.807) is 30.3 Å². The van der Waals surface area contributed by atoms with Crippen LogP contribution in [0.4, 0.5) is 0 Å². The van der Waals surface area contributed by atoms with Crippen LogP contribution in [0.5, 0.6) is 0 Å². The van der Waals surface area contributed by atoms with E-state index in [0.717, 1.165) is 22.2 Å². The van der Waals surface area contributed by atoms with E-state index in [0.29, 0.717) is 4.90 Å². The number of para-hydroxylation sites is 1. The van der Waals surface area contributed by atoms with Gasteiger partial charge in [0.15, 0.2) is 9.84 Å². The molecule has 0 saturated heterocycles. The van der Waals surface area contributed by atoms with Crippen molar-refractivity contribution in [3.63, 3.8) is 0 Å². The molecule has 3 nitrogen and oxygen atoms in total. The van der Waals surface area contributed by atoms with Gasteiger partial charge in [0.1, 0.15) is 0 Å². The lowest BCUT2D eigenvalue weighted by molar-refractivity contribution is 0.605. The number of aromatic nitrogens is 1. The second-order valence-electron chi connectivity index (χ2n) is 4.97. The third kappa shape index (κ3) is 2.90. The molecule has 0 radical (unpaired) electrons. The number of hydrogen-bond donors (Lipinski definition) is 1. The molecule has 2 aromatic carbocycles. The number of fused-ring (bicyclic) bond motifs is 1. The quantitative estimate of drug-likeness (QED) is 0.796. The first kappa shape index (κ1) is 13.6. The lowest BCUT2D eigenvalue weighted by atomic mass is 10.2. The van der Waals surface area contributed by atoms with Crippen LogP contribution in [0.1, 0.15) is 11.3 Å². The van der Waals surface area contributed by atoms with Crippen molar-refractivity contribution in [3.8, 4) is 0 Å². The molecule has 4 heteroatoms. The van der Waals surface area contributed by atoms with Crippen molar-refractivity contribution >= 4 is 26.8 Å². The Morgan fingerprint density at radius 1 is 1.00 bits per heavy atom. The first-order valence-electron chi connectivity index (χ1n) is 6.62. The van der Waals surface area contributed by atoms with E-state index in [1.165, 1.54) is 5.41 Å². The summed E-state index contributed by atoms with van der Waals surface area (Å²) in [6, 6.07) is 16.6. The van der Waals surface area contributed by atoms with E-state index in [2.05, 4.69) is 4.98 Å². The molecule has 0 saturated carbocycles. The molecule has 1 aromatic heterocycles. The second kappa shape index (κ2) is 5.22. The molecule has 0 amide bonds. The molecule has 3 rings (SSSR count). The Labute approximate surface area is 123 Å². The van der Waals surface area contributed by atoms with Crippen molar-refractivity contribution in [2.24, 2.45) is 0 Å². The van der Waals surface area contributed by atoms with Gasteiger partial charge >= 0.3 is 0 Å². The monoisotopic (exact) mass is 297 g/mol. The van der Waals surface area contributed by atoms with Gasteiger partial charge in [-0.05, 0) is 42.7 Å². The summed E-state index contributed by atoms with van der Waals surface area (Å²) in [7, 11) is -3.41. The number of H-pyrrole nitrogens is 1. The highest BCUT2D eigenvalue weighted by molar-refractivity contribution is 7.94. The minimum atomic E-state index is -3.41. The average Bonchev–Trinajstić information content (AvgIpc) is 2.89. The first-order valence-corrected chi connectivity index (χ1v) is 8.17. The average molecular weight is 297 g/mol. The van der Waals surface area contributed by atoms with Crippen LogP contribution in [0.2, 0.25) is 0 Å². The van der Waals surface area contributed by atoms with Crippen molar-refractivity contribution in [2.75, 3.05) is 0 Å². The third-order valence-electron chi connectivity index (χ3n) is 3.33. The summed E-state index contributed by atoms with van der Waals surface area (Å²) in [5, 5.41) is 2.30. The summed E-state index contributed by atoms with van der Waals surface area (Å²) < 4.78 is 24.5. The van der Waals surface area contributed by atoms with Gasteiger partial charge in [0, 0.05) is 16.6 Å². The van der Waals surface area contributed by atoms with E-state index in [4.69, 9.17) is 0 Å². The summed E-state index contributed by atoms with van der Waals surface area (Å²) in [4.78, 5) is 3.48. The first-order chi connectivity index (χ1) is 10.0. The van der Waals surface area contributed by atoms with Gasteiger partial charge in [0.05, 0.1) is 4.90 Å². The highest BCUT2D eigenvalue weighted by Crippen LogP contribution is 2.18. The number of aromatic amines is 1. The minimum Gasteiger partial charge on any atom is -0.355 e. The van der Waals surface area contributed by atoms with Gasteiger partial charge in [-0.25, -0.2) is 8.42 Å². The standard InChI is InChI=1S/C17H15NO2S/c1-13-6-8-16(9-7-13)21(19,20)11-10-15-12-14-4-2-3-5-17(14)18-15/h2-12,18H,1H3/b11-10+. The molecule has 0 bridgehead atoms. The lowest BCUT2D eigenvalue weighted by Crippen LogP contribution is -1.95. The van der Waals surface area contributed by atoms with Crippen molar-refractivity contribution < 1.29 is 8.42 Å². The topological polar surface area (TPSA) is 49.9 Å². The smallest absolute Gasteiger partial charge is 0.199 e. The van der Waals surface area contributed by atoms with Crippen molar-refractivity contribution in [1.29, 1.82) is 0 Å². The highest BCUT2D eigenvalue weighted by Gasteiger charge is 2.09. The molecular weight excluding hydrogens is 282 g/mol. The number of hydrogen-bond acceptors (Lipinski definition) is 2. The lowest BCUT2D eigenvalue weighted by Gasteiger charge is -1.99. The highest BCUT2D eigenvalue weighted by atomic mass is 32.2. The third-order valence-corrected chi connectivity index (χ3v) is 4.75. The van der Waals surface area contributed by atoms with E-state index < -0.39 is 9.84 Å². The Morgan fingerprint density at radius 2 is 1.71 bits per heavy atom. The molecule has 0 spiro atoms. The number of sulfone groups is 1. The molecule has 0 aliphatic rings. The molecular formula is C17H15NO2S. The van der Waals surface area contributed by atoms with E-state index >= 15 is 0 Å². The van der Waals surface area contributed by atoms with E-state index in [-0.39, 0.29) is 0 Å². The molecule has 0 fully saturated rings. The fourth-order valence-corrected chi connectivity index (χ4v) is 3.15. The van der Waals surface area contributed by atoms with Crippen molar-refractivity contribution in [2.45, 2.75) is 11.8 Å². The second-order valence-corrected chi connectivity index (χ2v) is 6.81. The Balaban J connectivity index is 1.92. The van der Waals surface area contributed by atoms with Crippen LogP contribution in [-0.2, 0) is 9.84 Å².